The molecular weight excluding hydrogens is 254 g/mol. The second-order valence-electron chi connectivity index (χ2n) is 2.57. The van der Waals surface area contributed by atoms with Crippen LogP contribution in [0, 0.1) is 0 Å². The number of aliphatic carboxylic acids is 1. The minimum absolute atomic E-state index is 0. The molecule has 1 aromatic rings. The van der Waals surface area contributed by atoms with Crippen LogP contribution in [0.1, 0.15) is 20.1 Å². The number of hydrazine groups is 1. The average molecular weight is 267 g/mol. The number of nitrogens with zero attached hydrogens (tertiary/aromatic N) is 1. The first-order chi connectivity index (χ1) is 7.49. The summed E-state index contributed by atoms with van der Waals surface area (Å²) in [6.45, 7) is 1.00. The van der Waals surface area contributed by atoms with Gasteiger partial charge in [0.1, 0.15) is 0 Å². The van der Waals surface area contributed by atoms with E-state index in [0.717, 1.165) is 6.92 Å². The van der Waals surface area contributed by atoms with Gasteiger partial charge in [0, 0.05) is 24.9 Å². The van der Waals surface area contributed by atoms with E-state index in [4.69, 9.17) is 10.9 Å². The van der Waals surface area contributed by atoms with Crippen LogP contribution in [0.15, 0.2) is 24.5 Å². The summed E-state index contributed by atoms with van der Waals surface area (Å²) in [5.74, 6) is 2.38. The third kappa shape index (κ3) is 8.75. The predicted molar refractivity (Wildman–Crippen MR) is 62.2 cm³/mol. The molecule has 17 heavy (non-hydrogen) atoms. The molecule has 0 fully saturated rings. The van der Waals surface area contributed by atoms with Crippen molar-refractivity contribution in [3.8, 4) is 0 Å². The molecule has 0 bridgehead atoms. The van der Waals surface area contributed by atoms with Gasteiger partial charge in [0.05, 0.1) is 0 Å². The van der Waals surface area contributed by atoms with E-state index < -0.39 is 11.8 Å². The van der Waals surface area contributed by atoms with Gasteiger partial charge in [0.25, 0.3) is 5.91 Å². The van der Waals surface area contributed by atoms with Crippen molar-refractivity contribution in [3.63, 3.8) is 0 Å². The van der Waals surface area contributed by atoms with Gasteiger partial charge in [0.15, 0.2) is 0 Å². The first-order valence-electron chi connectivity index (χ1n) is 4.14. The number of nitrogen functional groups attached to an aromatic ring is 1. The zero-order chi connectivity index (χ0) is 12.6. The average Bonchev–Trinajstić information content (AvgIpc) is 2.30. The van der Waals surface area contributed by atoms with Crippen molar-refractivity contribution in [3.05, 3.63) is 30.1 Å². The molecule has 8 heteroatoms. The summed E-state index contributed by atoms with van der Waals surface area (Å²) in [5.41, 5.74) is 2.53. The Labute approximate surface area is 130 Å². The summed E-state index contributed by atoms with van der Waals surface area (Å²) in [5, 5.41) is 7.64. The minimum atomic E-state index is -1.38. The smallest absolute Gasteiger partial charge is 1.00 e. The number of carbonyl (C=O) groups excluding carboxylic acids is 2. The molecule has 0 atom stereocenters. The maximum atomic E-state index is 10.7. The summed E-state index contributed by atoms with van der Waals surface area (Å²) in [6, 6.07) is 3.17. The number of hydrogen-bond acceptors (Lipinski definition) is 5. The molecule has 4 N–H and O–H groups in total. The van der Waals surface area contributed by atoms with Crippen molar-refractivity contribution >= 4 is 55.4 Å². The Morgan fingerprint density at radius 1 is 1.35 bits per heavy atom. The van der Waals surface area contributed by atoms with E-state index in [9.17, 15) is 14.4 Å². The van der Waals surface area contributed by atoms with Gasteiger partial charge in [-0.2, -0.15) is 0 Å². The normalized spacial score (nSPS) is 7.88. The summed E-state index contributed by atoms with van der Waals surface area (Å²) in [7, 11) is 0. The maximum Gasteiger partial charge on any atom is 2.00 e. The van der Waals surface area contributed by atoms with Crippen LogP contribution in [-0.2, 0) is 9.59 Å². The van der Waals surface area contributed by atoms with Crippen molar-refractivity contribution < 1.29 is 22.3 Å². The van der Waals surface area contributed by atoms with E-state index in [1.807, 2.05) is 5.43 Å². The summed E-state index contributed by atoms with van der Waals surface area (Å²) < 4.78 is 0. The largest absolute Gasteiger partial charge is 2.00 e. The van der Waals surface area contributed by atoms with E-state index >= 15 is 0 Å². The number of amides is 1. The summed E-state index contributed by atoms with van der Waals surface area (Å²) in [4.78, 5) is 33.4. The second kappa shape index (κ2) is 10.2. The number of carboxylic acids is 1. The molecule has 0 radical (unpaired) electrons. The number of rotatable bonds is 2. The molecule has 7 nitrogen and oxygen atoms in total. The zero-order valence-electron chi connectivity index (χ0n) is 11.2. The van der Waals surface area contributed by atoms with Gasteiger partial charge in [0.2, 0.25) is 5.78 Å². The fraction of sp³-hybridized carbons (Fsp3) is 0.111. The molecule has 0 aliphatic heterocycles. The predicted octanol–water partition coefficient (Wildman–Crippen LogP) is -0.811. The van der Waals surface area contributed by atoms with Gasteiger partial charge in [-0.1, -0.05) is 0 Å². The van der Waals surface area contributed by atoms with E-state index in [1.54, 1.807) is 12.1 Å². The molecule has 90 valence electrons. The number of nitrogens with two attached hydrogens (primary N) is 1. The number of pyridine rings is 1. The number of carboxylic acid groups (broad SMARTS) is 1. The SMILES string of the molecule is CC(=O)C(=O)O.NNC(=O)c1ccncc1.[Ca+2].[H-].[H-]. The van der Waals surface area contributed by atoms with Crippen molar-refractivity contribution in [2.24, 2.45) is 5.84 Å². The minimum Gasteiger partial charge on any atom is -1.00 e. The van der Waals surface area contributed by atoms with Crippen LogP contribution >= 0.6 is 0 Å². The van der Waals surface area contributed by atoms with Crippen molar-refractivity contribution in [1.29, 1.82) is 0 Å². The molecular formula is C9H13CaN3O4. The van der Waals surface area contributed by atoms with Gasteiger partial charge in [-0.15, -0.1) is 0 Å². The van der Waals surface area contributed by atoms with Crippen LogP contribution in [0.3, 0.4) is 0 Å². The second-order valence-corrected chi connectivity index (χ2v) is 2.57. The van der Waals surface area contributed by atoms with Crippen LogP contribution in [0.5, 0.6) is 0 Å². The number of carbonyl (C=O) groups is 3. The molecule has 0 unspecified atom stereocenters. The quantitative estimate of drug-likeness (QED) is 0.212. The van der Waals surface area contributed by atoms with Gasteiger partial charge in [-0.3, -0.25) is 20.0 Å². The molecule has 0 aromatic carbocycles. The number of Topliss-reactive ketones (excluding diaryl/α,β-unsaturated/α-hetero) is 1. The summed E-state index contributed by atoms with van der Waals surface area (Å²) >= 11 is 0. The Morgan fingerprint density at radius 3 is 2.06 bits per heavy atom. The molecule has 0 aliphatic carbocycles. The van der Waals surface area contributed by atoms with Crippen LogP contribution < -0.4 is 11.3 Å². The van der Waals surface area contributed by atoms with Crippen LogP contribution in [0.25, 0.3) is 0 Å². The van der Waals surface area contributed by atoms with Gasteiger partial charge in [-0.05, 0) is 12.1 Å². The van der Waals surface area contributed by atoms with Crippen LogP contribution in [0.4, 0.5) is 0 Å². The third-order valence-electron chi connectivity index (χ3n) is 1.37. The molecule has 0 spiro atoms. The standard InChI is InChI=1S/C6H7N3O.C3H4O3.Ca.2H/c7-9-6(10)5-1-3-8-4-2-5;1-2(4)3(5)6;;;/h1-4H,7H2,(H,9,10);1H3,(H,5,6);;;/q;;+2;2*-1. The van der Waals surface area contributed by atoms with Crippen molar-refractivity contribution in [2.75, 3.05) is 0 Å². The monoisotopic (exact) mass is 267 g/mol. The molecule has 0 saturated carbocycles. The molecule has 1 aromatic heterocycles. The first kappa shape index (κ1) is 18.3. The topological polar surface area (TPSA) is 122 Å². The Hall–Kier alpha value is -1.02. The van der Waals surface area contributed by atoms with Crippen LogP contribution in [0.2, 0.25) is 0 Å². The number of hydrogen-bond donors (Lipinski definition) is 3. The Kier molecular flexibility index (Phi) is 11.0. The van der Waals surface area contributed by atoms with E-state index in [-0.39, 0.29) is 46.5 Å². The van der Waals surface area contributed by atoms with Gasteiger partial charge >= 0.3 is 43.7 Å². The van der Waals surface area contributed by atoms with Crippen LogP contribution in [-0.4, -0.2) is 65.5 Å². The Morgan fingerprint density at radius 2 is 1.76 bits per heavy atom. The maximum absolute atomic E-state index is 10.7. The third-order valence-corrected chi connectivity index (χ3v) is 1.37. The van der Waals surface area contributed by atoms with Gasteiger partial charge < -0.3 is 7.96 Å². The number of ketones is 1. The number of nitrogens with one attached hydrogen (secondary N) is 1. The number of aromatic nitrogens is 1. The van der Waals surface area contributed by atoms with Crippen molar-refractivity contribution in [2.45, 2.75) is 6.92 Å². The molecule has 0 saturated heterocycles. The van der Waals surface area contributed by atoms with E-state index in [0.29, 0.717) is 5.56 Å². The molecule has 1 rings (SSSR count). The fourth-order valence-electron chi connectivity index (χ4n) is 0.587. The Balaban J connectivity index is -0.000000112. The van der Waals surface area contributed by atoms with Crippen molar-refractivity contribution in [1.82, 2.24) is 10.4 Å². The molecule has 1 amide bonds. The molecule has 1 heterocycles. The summed E-state index contributed by atoms with van der Waals surface area (Å²) in [6.07, 6.45) is 3.06. The zero-order valence-corrected chi connectivity index (χ0v) is 11.4. The molecule has 0 aliphatic rings. The first-order valence-corrected chi connectivity index (χ1v) is 4.14. The van der Waals surface area contributed by atoms with E-state index in [2.05, 4.69) is 4.98 Å². The van der Waals surface area contributed by atoms with E-state index in [1.165, 1.54) is 12.4 Å². The van der Waals surface area contributed by atoms with Gasteiger partial charge in [-0.25, -0.2) is 10.6 Å². The Bertz CT molecular complexity index is 380. The fourth-order valence-corrected chi connectivity index (χ4v) is 0.587.